The van der Waals surface area contributed by atoms with Crippen molar-refractivity contribution in [3.63, 3.8) is 0 Å². The SMILES string of the molecule is C[C@H]1CN(C(=O)Nc2nc3ccccc3s2)C[C@H](C)O1. The first-order valence-corrected chi connectivity index (χ1v) is 7.50. The van der Waals surface area contributed by atoms with Gasteiger partial charge in [-0.3, -0.25) is 5.32 Å². The number of aromatic nitrogens is 1. The molecule has 3 rings (SSSR count). The van der Waals surface area contributed by atoms with E-state index < -0.39 is 0 Å². The maximum absolute atomic E-state index is 12.3. The van der Waals surface area contributed by atoms with Gasteiger partial charge in [-0.2, -0.15) is 0 Å². The summed E-state index contributed by atoms with van der Waals surface area (Å²) in [6.45, 7) is 5.18. The van der Waals surface area contributed by atoms with E-state index in [9.17, 15) is 4.79 Å². The number of carbonyl (C=O) groups is 1. The molecule has 1 fully saturated rings. The monoisotopic (exact) mass is 291 g/mol. The van der Waals surface area contributed by atoms with Crippen LogP contribution in [0.2, 0.25) is 0 Å². The molecule has 1 aromatic heterocycles. The second-order valence-electron chi connectivity index (χ2n) is 5.08. The largest absolute Gasteiger partial charge is 0.372 e. The third-order valence-electron chi connectivity index (χ3n) is 3.21. The van der Waals surface area contributed by atoms with Crippen LogP contribution in [0.25, 0.3) is 10.2 Å². The number of anilines is 1. The number of rotatable bonds is 1. The van der Waals surface area contributed by atoms with Crippen LogP contribution in [0.15, 0.2) is 24.3 Å². The molecule has 20 heavy (non-hydrogen) atoms. The lowest BCUT2D eigenvalue weighted by molar-refractivity contribution is -0.0530. The first-order chi connectivity index (χ1) is 9.61. The summed E-state index contributed by atoms with van der Waals surface area (Å²) in [5, 5.41) is 3.52. The van der Waals surface area contributed by atoms with Crippen molar-refractivity contribution in [2.24, 2.45) is 0 Å². The minimum absolute atomic E-state index is 0.0693. The molecule has 2 atom stereocenters. The van der Waals surface area contributed by atoms with Crippen LogP contribution in [0.4, 0.5) is 9.93 Å². The zero-order valence-electron chi connectivity index (χ0n) is 11.5. The molecule has 0 radical (unpaired) electrons. The van der Waals surface area contributed by atoms with E-state index in [1.165, 1.54) is 11.3 Å². The summed E-state index contributed by atoms with van der Waals surface area (Å²) in [4.78, 5) is 18.5. The molecule has 0 saturated carbocycles. The van der Waals surface area contributed by atoms with Crippen molar-refractivity contribution < 1.29 is 9.53 Å². The molecule has 1 aliphatic heterocycles. The zero-order chi connectivity index (χ0) is 14.1. The summed E-state index contributed by atoms with van der Waals surface area (Å²) in [5.41, 5.74) is 0.913. The Balaban J connectivity index is 1.72. The Morgan fingerprint density at radius 2 is 2.05 bits per heavy atom. The van der Waals surface area contributed by atoms with Crippen LogP contribution in [-0.4, -0.2) is 41.2 Å². The lowest BCUT2D eigenvalue weighted by atomic mass is 10.2. The van der Waals surface area contributed by atoms with Gasteiger partial charge in [0.15, 0.2) is 5.13 Å². The predicted octanol–water partition coefficient (Wildman–Crippen LogP) is 2.94. The minimum Gasteiger partial charge on any atom is -0.372 e. The van der Waals surface area contributed by atoms with Gasteiger partial charge in [0.2, 0.25) is 0 Å². The second kappa shape index (κ2) is 5.38. The summed E-state index contributed by atoms with van der Waals surface area (Å²) in [6.07, 6.45) is 0.139. The molecule has 2 aromatic rings. The molecule has 0 aliphatic carbocycles. The van der Waals surface area contributed by atoms with Crippen molar-refractivity contribution >= 4 is 32.7 Å². The zero-order valence-corrected chi connectivity index (χ0v) is 12.3. The van der Waals surface area contributed by atoms with E-state index in [4.69, 9.17) is 4.74 Å². The number of para-hydroxylation sites is 1. The predicted molar refractivity (Wildman–Crippen MR) is 80.2 cm³/mol. The van der Waals surface area contributed by atoms with E-state index in [-0.39, 0.29) is 18.2 Å². The van der Waals surface area contributed by atoms with Crippen LogP contribution >= 0.6 is 11.3 Å². The number of benzene rings is 1. The van der Waals surface area contributed by atoms with Gasteiger partial charge in [-0.1, -0.05) is 23.5 Å². The fourth-order valence-corrected chi connectivity index (χ4v) is 3.30. The van der Waals surface area contributed by atoms with Crippen molar-refractivity contribution in [2.75, 3.05) is 18.4 Å². The maximum Gasteiger partial charge on any atom is 0.323 e. The Hall–Kier alpha value is -1.66. The fourth-order valence-electron chi connectivity index (χ4n) is 2.44. The Morgan fingerprint density at radius 1 is 1.35 bits per heavy atom. The van der Waals surface area contributed by atoms with E-state index in [1.807, 2.05) is 38.1 Å². The van der Waals surface area contributed by atoms with Gasteiger partial charge in [0.1, 0.15) is 0 Å². The topological polar surface area (TPSA) is 54.5 Å². The van der Waals surface area contributed by atoms with Gasteiger partial charge < -0.3 is 9.64 Å². The first kappa shape index (κ1) is 13.3. The van der Waals surface area contributed by atoms with Crippen LogP contribution in [-0.2, 0) is 4.74 Å². The Bertz CT molecular complexity index is 585. The van der Waals surface area contributed by atoms with Crippen molar-refractivity contribution in [1.82, 2.24) is 9.88 Å². The lowest BCUT2D eigenvalue weighted by Gasteiger charge is -2.34. The average molecular weight is 291 g/mol. The normalized spacial score (nSPS) is 23.0. The summed E-state index contributed by atoms with van der Waals surface area (Å²) >= 11 is 1.49. The lowest BCUT2D eigenvalue weighted by Crippen LogP contribution is -2.49. The smallest absolute Gasteiger partial charge is 0.323 e. The number of urea groups is 1. The van der Waals surface area contributed by atoms with Gasteiger partial charge >= 0.3 is 6.03 Å². The number of carbonyl (C=O) groups excluding carboxylic acids is 1. The van der Waals surface area contributed by atoms with E-state index in [0.29, 0.717) is 18.2 Å². The van der Waals surface area contributed by atoms with Crippen LogP contribution in [0, 0.1) is 0 Å². The molecule has 5 nitrogen and oxygen atoms in total. The highest BCUT2D eigenvalue weighted by molar-refractivity contribution is 7.22. The molecule has 2 heterocycles. The molecule has 1 saturated heterocycles. The van der Waals surface area contributed by atoms with E-state index >= 15 is 0 Å². The number of thiazole rings is 1. The Labute approximate surface area is 121 Å². The number of hydrogen-bond donors (Lipinski definition) is 1. The summed E-state index contributed by atoms with van der Waals surface area (Å²) < 4.78 is 6.71. The number of morpholine rings is 1. The number of nitrogens with zero attached hydrogens (tertiary/aromatic N) is 2. The van der Waals surface area contributed by atoms with Crippen LogP contribution in [0.5, 0.6) is 0 Å². The minimum atomic E-state index is -0.106. The average Bonchev–Trinajstić information content (AvgIpc) is 2.79. The molecule has 6 heteroatoms. The standard InChI is InChI=1S/C14H17N3O2S/c1-9-7-17(8-10(2)19-9)14(18)16-13-15-11-5-3-4-6-12(11)20-13/h3-6,9-10H,7-8H2,1-2H3,(H,15,16,18)/t9-,10-/m0/s1. The molecule has 2 amide bonds. The van der Waals surface area contributed by atoms with E-state index in [2.05, 4.69) is 10.3 Å². The third-order valence-corrected chi connectivity index (χ3v) is 4.17. The molecule has 1 aliphatic rings. The molecule has 0 unspecified atom stereocenters. The van der Waals surface area contributed by atoms with Gasteiger partial charge in [0.05, 0.1) is 22.4 Å². The molecule has 0 bridgehead atoms. The van der Waals surface area contributed by atoms with Gasteiger partial charge in [0, 0.05) is 13.1 Å². The molecular formula is C14H17N3O2S. The number of nitrogens with one attached hydrogen (secondary N) is 1. The number of fused-ring (bicyclic) bond motifs is 1. The third kappa shape index (κ3) is 2.76. The van der Waals surface area contributed by atoms with Crippen molar-refractivity contribution in [3.05, 3.63) is 24.3 Å². The molecule has 1 aromatic carbocycles. The van der Waals surface area contributed by atoms with Gasteiger partial charge in [-0.05, 0) is 26.0 Å². The van der Waals surface area contributed by atoms with E-state index in [0.717, 1.165) is 10.2 Å². The van der Waals surface area contributed by atoms with Crippen LogP contribution in [0.3, 0.4) is 0 Å². The Kier molecular flexibility index (Phi) is 3.58. The molecule has 106 valence electrons. The Morgan fingerprint density at radius 3 is 2.75 bits per heavy atom. The number of amides is 2. The van der Waals surface area contributed by atoms with Crippen molar-refractivity contribution in [1.29, 1.82) is 0 Å². The summed E-state index contributed by atoms with van der Waals surface area (Å²) in [7, 11) is 0. The van der Waals surface area contributed by atoms with Crippen molar-refractivity contribution in [2.45, 2.75) is 26.1 Å². The summed E-state index contributed by atoms with van der Waals surface area (Å²) in [6, 6.07) is 7.75. The molecular weight excluding hydrogens is 274 g/mol. The molecule has 1 N–H and O–H groups in total. The van der Waals surface area contributed by atoms with E-state index in [1.54, 1.807) is 4.90 Å². The molecule has 0 spiro atoms. The van der Waals surface area contributed by atoms with Gasteiger partial charge in [0.25, 0.3) is 0 Å². The van der Waals surface area contributed by atoms with Gasteiger partial charge in [-0.25, -0.2) is 9.78 Å². The van der Waals surface area contributed by atoms with Crippen molar-refractivity contribution in [3.8, 4) is 0 Å². The first-order valence-electron chi connectivity index (χ1n) is 6.69. The van der Waals surface area contributed by atoms with Crippen LogP contribution in [0.1, 0.15) is 13.8 Å². The maximum atomic E-state index is 12.3. The van der Waals surface area contributed by atoms with Gasteiger partial charge in [-0.15, -0.1) is 0 Å². The fraction of sp³-hybridized carbons (Fsp3) is 0.429. The second-order valence-corrected chi connectivity index (χ2v) is 6.11. The highest BCUT2D eigenvalue weighted by Gasteiger charge is 2.26. The number of ether oxygens (including phenoxy) is 1. The number of hydrogen-bond acceptors (Lipinski definition) is 4. The quantitative estimate of drug-likeness (QED) is 0.879. The highest BCUT2D eigenvalue weighted by Crippen LogP contribution is 2.25. The van der Waals surface area contributed by atoms with Crippen LogP contribution < -0.4 is 5.32 Å². The highest BCUT2D eigenvalue weighted by atomic mass is 32.1. The summed E-state index contributed by atoms with van der Waals surface area (Å²) in [5.74, 6) is 0.